The number of rotatable bonds is 5. The van der Waals surface area contributed by atoms with Gasteiger partial charge >= 0.3 is 0 Å². The van der Waals surface area contributed by atoms with E-state index in [0.29, 0.717) is 6.61 Å². The maximum Gasteiger partial charge on any atom is 0.0616 e. The van der Waals surface area contributed by atoms with Crippen LogP contribution in [0.2, 0.25) is 0 Å². The third kappa shape index (κ3) is 3.42. The SMILES string of the molecule is Cc1cnc(CCCCCO)c(C)n1. The molecule has 0 bridgehead atoms. The summed E-state index contributed by atoms with van der Waals surface area (Å²) in [6.07, 6.45) is 5.82. The van der Waals surface area contributed by atoms with Crippen LogP contribution in [-0.2, 0) is 6.42 Å². The van der Waals surface area contributed by atoms with Crippen molar-refractivity contribution in [2.45, 2.75) is 39.5 Å². The Bertz CT molecular complexity index is 287. The minimum Gasteiger partial charge on any atom is -0.396 e. The summed E-state index contributed by atoms with van der Waals surface area (Å²) < 4.78 is 0. The minimum absolute atomic E-state index is 0.290. The van der Waals surface area contributed by atoms with Gasteiger partial charge in [-0.25, -0.2) is 0 Å². The van der Waals surface area contributed by atoms with Gasteiger partial charge in [0.05, 0.1) is 17.1 Å². The Balaban J connectivity index is 2.42. The van der Waals surface area contributed by atoms with E-state index in [2.05, 4.69) is 9.97 Å². The van der Waals surface area contributed by atoms with E-state index in [-0.39, 0.29) is 0 Å². The van der Waals surface area contributed by atoms with E-state index in [1.165, 1.54) is 0 Å². The number of aromatic nitrogens is 2. The first-order valence-corrected chi connectivity index (χ1v) is 5.14. The Morgan fingerprint density at radius 3 is 2.64 bits per heavy atom. The van der Waals surface area contributed by atoms with E-state index in [9.17, 15) is 0 Å². The van der Waals surface area contributed by atoms with E-state index >= 15 is 0 Å². The molecule has 0 aliphatic heterocycles. The number of hydrogen-bond acceptors (Lipinski definition) is 3. The van der Waals surface area contributed by atoms with Gasteiger partial charge in [-0.2, -0.15) is 0 Å². The van der Waals surface area contributed by atoms with E-state index in [0.717, 1.165) is 42.8 Å². The molecule has 0 spiro atoms. The number of aryl methyl sites for hydroxylation is 3. The van der Waals surface area contributed by atoms with E-state index in [1.807, 2.05) is 20.0 Å². The first kappa shape index (κ1) is 11.1. The van der Waals surface area contributed by atoms with Gasteiger partial charge in [0.2, 0.25) is 0 Å². The molecule has 1 heterocycles. The van der Waals surface area contributed by atoms with Crippen LogP contribution < -0.4 is 0 Å². The molecule has 1 aromatic rings. The van der Waals surface area contributed by atoms with Crippen LogP contribution in [0, 0.1) is 13.8 Å². The summed E-state index contributed by atoms with van der Waals surface area (Å²) in [6, 6.07) is 0. The Morgan fingerprint density at radius 1 is 1.21 bits per heavy atom. The van der Waals surface area contributed by atoms with Gasteiger partial charge in [-0.15, -0.1) is 0 Å². The molecule has 0 unspecified atom stereocenters. The smallest absolute Gasteiger partial charge is 0.0616 e. The van der Waals surface area contributed by atoms with Gasteiger partial charge in [-0.1, -0.05) is 6.42 Å². The quantitative estimate of drug-likeness (QED) is 0.727. The zero-order valence-corrected chi connectivity index (χ0v) is 8.95. The maximum atomic E-state index is 8.63. The second-order valence-corrected chi connectivity index (χ2v) is 3.58. The first-order valence-electron chi connectivity index (χ1n) is 5.14. The molecule has 14 heavy (non-hydrogen) atoms. The molecule has 0 atom stereocenters. The van der Waals surface area contributed by atoms with Gasteiger partial charge in [-0.3, -0.25) is 9.97 Å². The van der Waals surface area contributed by atoms with Gasteiger partial charge in [0.25, 0.3) is 0 Å². The van der Waals surface area contributed by atoms with Crippen LogP contribution in [-0.4, -0.2) is 21.7 Å². The fourth-order valence-corrected chi connectivity index (χ4v) is 1.45. The normalized spacial score (nSPS) is 10.5. The Morgan fingerprint density at radius 2 is 2.00 bits per heavy atom. The molecule has 0 radical (unpaired) electrons. The number of aliphatic hydroxyl groups excluding tert-OH is 1. The highest BCUT2D eigenvalue weighted by Gasteiger charge is 2.00. The largest absolute Gasteiger partial charge is 0.396 e. The summed E-state index contributed by atoms with van der Waals surface area (Å²) in [5.41, 5.74) is 3.10. The molecule has 0 saturated heterocycles. The van der Waals surface area contributed by atoms with Crippen LogP contribution >= 0.6 is 0 Å². The van der Waals surface area contributed by atoms with Gasteiger partial charge in [0.1, 0.15) is 0 Å². The number of hydrogen-bond donors (Lipinski definition) is 1. The van der Waals surface area contributed by atoms with Crippen LogP contribution in [0.4, 0.5) is 0 Å². The molecule has 0 aromatic carbocycles. The molecule has 1 aromatic heterocycles. The average Bonchev–Trinajstić information content (AvgIpc) is 2.15. The van der Waals surface area contributed by atoms with Gasteiger partial charge < -0.3 is 5.11 Å². The molecule has 0 saturated carbocycles. The summed E-state index contributed by atoms with van der Waals surface area (Å²) in [5.74, 6) is 0. The van der Waals surface area contributed by atoms with Crippen molar-refractivity contribution in [3.05, 3.63) is 23.3 Å². The van der Waals surface area contributed by atoms with Crippen molar-refractivity contribution in [3.63, 3.8) is 0 Å². The zero-order chi connectivity index (χ0) is 10.4. The van der Waals surface area contributed by atoms with Gasteiger partial charge in [0.15, 0.2) is 0 Å². The van der Waals surface area contributed by atoms with Crippen molar-refractivity contribution in [3.8, 4) is 0 Å². The molecule has 78 valence electrons. The lowest BCUT2D eigenvalue weighted by molar-refractivity contribution is 0.283. The third-order valence-electron chi connectivity index (χ3n) is 2.24. The molecular formula is C11H18N2O. The standard InChI is InChI=1S/C11H18N2O/c1-9-8-12-11(10(2)13-9)6-4-3-5-7-14/h8,14H,3-7H2,1-2H3. The van der Waals surface area contributed by atoms with E-state index in [1.54, 1.807) is 0 Å². The van der Waals surface area contributed by atoms with Crippen LogP contribution in [0.25, 0.3) is 0 Å². The fourth-order valence-electron chi connectivity index (χ4n) is 1.45. The van der Waals surface area contributed by atoms with Crippen molar-refractivity contribution in [2.75, 3.05) is 6.61 Å². The van der Waals surface area contributed by atoms with Crippen LogP contribution in [0.5, 0.6) is 0 Å². The Labute approximate surface area is 85.2 Å². The fraction of sp³-hybridized carbons (Fsp3) is 0.636. The molecule has 1 rings (SSSR count). The van der Waals surface area contributed by atoms with Gasteiger partial charge in [0, 0.05) is 12.8 Å². The number of nitrogens with zero attached hydrogens (tertiary/aromatic N) is 2. The summed E-state index contributed by atoms with van der Waals surface area (Å²) in [4.78, 5) is 8.71. The van der Waals surface area contributed by atoms with Crippen molar-refractivity contribution in [1.82, 2.24) is 9.97 Å². The monoisotopic (exact) mass is 194 g/mol. The second-order valence-electron chi connectivity index (χ2n) is 3.58. The topological polar surface area (TPSA) is 46.0 Å². The lowest BCUT2D eigenvalue weighted by atomic mass is 10.1. The van der Waals surface area contributed by atoms with E-state index < -0.39 is 0 Å². The van der Waals surface area contributed by atoms with Crippen molar-refractivity contribution in [2.24, 2.45) is 0 Å². The molecule has 0 amide bonds. The molecule has 0 aliphatic rings. The molecule has 1 N–H and O–H groups in total. The summed E-state index contributed by atoms with van der Waals surface area (Å²) >= 11 is 0. The lowest BCUT2D eigenvalue weighted by Gasteiger charge is -2.04. The molecular weight excluding hydrogens is 176 g/mol. The summed E-state index contributed by atoms with van der Waals surface area (Å²) in [7, 11) is 0. The molecule has 0 fully saturated rings. The van der Waals surface area contributed by atoms with Crippen LogP contribution in [0.1, 0.15) is 36.3 Å². The molecule has 3 nitrogen and oxygen atoms in total. The zero-order valence-electron chi connectivity index (χ0n) is 8.95. The second kappa shape index (κ2) is 5.70. The average molecular weight is 194 g/mol. The maximum absolute atomic E-state index is 8.63. The van der Waals surface area contributed by atoms with Gasteiger partial charge in [-0.05, 0) is 33.1 Å². The van der Waals surface area contributed by atoms with Crippen molar-refractivity contribution >= 4 is 0 Å². The first-order chi connectivity index (χ1) is 6.74. The molecule has 0 aliphatic carbocycles. The van der Waals surface area contributed by atoms with Crippen molar-refractivity contribution in [1.29, 1.82) is 0 Å². The Hall–Kier alpha value is -0.960. The van der Waals surface area contributed by atoms with Crippen molar-refractivity contribution < 1.29 is 5.11 Å². The van der Waals surface area contributed by atoms with Crippen LogP contribution in [0.15, 0.2) is 6.20 Å². The van der Waals surface area contributed by atoms with Crippen LogP contribution in [0.3, 0.4) is 0 Å². The minimum atomic E-state index is 0.290. The third-order valence-corrected chi connectivity index (χ3v) is 2.24. The molecule has 3 heteroatoms. The Kier molecular flexibility index (Phi) is 4.53. The van der Waals surface area contributed by atoms with E-state index in [4.69, 9.17) is 5.11 Å². The highest BCUT2D eigenvalue weighted by molar-refractivity contribution is 5.11. The summed E-state index contributed by atoms with van der Waals surface area (Å²) in [5, 5.41) is 8.63. The highest BCUT2D eigenvalue weighted by atomic mass is 16.2. The summed E-state index contributed by atoms with van der Waals surface area (Å²) in [6.45, 7) is 4.25. The predicted octanol–water partition coefficient (Wildman–Crippen LogP) is 1.80. The highest BCUT2D eigenvalue weighted by Crippen LogP contribution is 2.07. The number of aliphatic hydroxyl groups is 1. The predicted molar refractivity (Wildman–Crippen MR) is 56.1 cm³/mol. The number of unbranched alkanes of at least 4 members (excludes halogenated alkanes) is 2. The lowest BCUT2D eigenvalue weighted by Crippen LogP contribution is -1.99.